The van der Waals surface area contributed by atoms with E-state index >= 15 is 0 Å². The Hall–Kier alpha value is -1.16. The monoisotopic (exact) mass is 312 g/mol. The lowest BCUT2D eigenvalue weighted by Gasteiger charge is -2.02. The Morgan fingerprint density at radius 3 is 2.72 bits per heavy atom. The van der Waals surface area contributed by atoms with Crippen molar-refractivity contribution >= 4 is 27.7 Å². The van der Waals surface area contributed by atoms with Gasteiger partial charge in [-0.05, 0) is 18.9 Å². The van der Waals surface area contributed by atoms with Crippen LogP contribution in [0.5, 0.6) is 0 Å². The van der Waals surface area contributed by atoms with Gasteiger partial charge in [0.25, 0.3) is 0 Å². The molecule has 0 atom stereocenters. The Balaban J connectivity index is 2.29. The zero-order valence-corrected chi connectivity index (χ0v) is 12.0. The molecule has 0 fully saturated rings. The number of carbonyl (C=O) groups is 2. The number of allylic oxidation sites excluding steroid dienone is 6. The molecule has 0 spiro atoms. The highest BCUT2D eigenvalue weighted by atomic mass is 79.9. The second-order valence-corrected chi connectivity index (χ2v) is 4.97. The van der Waals surface area contributed by atoms with Crippen LogP contribution in [0.25, 0.3) is 0 Å². The maximum atomic E-state index is 11.6. The molecule has 0 aromatic heterocycles. The zero-order chi connectivity index (χ0) is 13.4. The summed E-state index contributed by atoms with van der Waals surface area (Å²) in [5.41, 5.74) is 1.16. The Morgan fingerprint density at radius 2 is 2.00 bits per heavy atom. The first-order valence-electron chi connectivity index (χ1n) is 5.93. The van der Waals surface area contributed by atoms with Crippen molar-refractivity contribution in [2.75, 3.05) is 7.11 Å². The fourth-order valence-corrected chi connectivity index (χ4v) is 1.90. The van der Waals surface area contributed by atoms with Gasteiger partial charge in [-0.25, -0.2) is 0 Å². The van der Waals surface area contributed by atoms with E-state index in [-0.39, 0.29) is 24.6 Å². The Kier molecular flexibility index (Phi) is 6.65. The van der Waals surface area contributed by atoms with E-state index < -0.39 is 0 Å². The van der Waals surface area contributed by atoms with E-state index in [1.807, 2.05) is 12.2 Å². The average Bonchev–Trinajstić information content (AvgIpc) is 2.58. The third-order valence-electron chi connectivity index (χ3n) is 2.68. The quantitative estimate of drug-likeness (QED) is 0.705. The summed E-state index contributed by atoms with van der Waals surface area (Å²) in [4.78, 5) is 22.5. The summed E-state index contributed by atoms with van der Waals surface area (Å²) >= 11 is 3.42. The van der Waals surface area contributed by atoms with E-state index in [9.17, 15) is 9.59 Å². The second-order valence-electron chi connectivity index (χ2n) is 4.05. The molecule has 4 heteroatoms. The average molecular weight is 313 g/mol. The maximum Gasteiger partial charge on any atom is 0.305 e. The Morgan fingerprint density at radius 1 is 1.22 bits per heavy atom. The molecule has 1 aliphatic rings. The number of hydrogen-bond acceptors (Lipinski definition) is 3. The van der Waals surface area contributed by atoms with E-state index in [0.29, 0.717) is 6.42 Å². The number of ketones is 1. The molecule has 0 saturated heterocycles. The van der Waals surface area contributed by atoms with E-state index in [2.05, 4.69) is 32.8 Å². The number of Topliss-reactive ketones (excluding diaryl/α,β-unsaturated/α-hetero) is 1. The van der Waals surface area contributed by atoms with Gasteiger partial charge in [0.2, 0.25) is 0 Å². The molecule has 98 valence electrons. The van der Waals surface area contributed by atoms with Crippen LogP contribution in [0.2, 0.25) is 0 Å². The first kappa shape index (κ1) is 14.9. The van der Waals surface area contributed by atoms with Gasteiger partial charge >= 0.3 is 5.97 Å². The van der Waals surface area contributed by atoms with E-state index in [1.54, 1.807) is 0 Å². The summed E-state index contributed by atoms with van der Waals surface area (Å²) in [5.74, 6) is -0.226. The minimum atomic E-state index is -0.329. The fraction of sp³-hybridized carbons (Fsp3) is 0.429. The molecule has 0 unspecified atom stereocenters. The summed E-state index contributed by atoms with van der Waals surface area (Å²) in [6.07, 6.45) is 10.7. The summed E-state index contributed by atoms with van der Waals surface area (Å²) in [6, 6.07) is 0. The molecule has 1 rings (SSSR count). The third-order valence-corrected chi connectivity index (χ3v) is 3.27. The smallest absolute Gasteiger partial charge is 0.305 e. The van der Waals surface area contributed by atoms with Crippen LogP contribution >= 0.6 is 15.9 Å². The van der Waals surface area contributed by atoms with Crippen LogP contribution in [-0.2, 0) is 14.3 Å². The third kappa shape index (κ3) is 5.96. The van der Waals surface area contributed by atoms with Gasteiger partial charge in [0.05, 0.1) is 13.5 Å². The summed E-state index contributed by atoms with van der Waals surface area (Å²) in [5, 5.41) is 0. The lowest BCUT2D eigenvalue weighted by Crippen LogP contribution is -2.05. The van der Waals surface area contributed by atoms with Gasteiger partial charge < -0.3 is 4.74 Å². The standard InChI is InChI=1S/C14H17BrO3/c1-18-14(17)10-9-13(16)8-6-11-3-2-4-12(15)7-5-11/h3-5,7H,2,6,8-10H2,1H3. The number of hydrogen-bond donors (Lipinski definition) is 0. The summed E-state index contributed by atoms with van der Waals surface area (Å²) in [6.45, 7) is 0. The van der Waals surface area contributed by atoms with Crippen molar-refractivity contribution in [3.05, 3.63) is 34.4 Å². The second kappa shape index (κ2) is 8.03. The van der Waals surface area contributed by atoms with Gasteiger partial charge in [0.15, 0.2) is 0 Å². The van der Waals surface area contributed by atoms with Crippen LogP contribution in [0.15, 0.2) is 34.4 Å². The van der Waals surface area contributed by atoms with E-state index in [1.165, 1.54) is 7.11 Å². The molecule has 0 aliphatic heterocycles. The van der Waals surface area contributed by atoms with Crippen molar-refractivity contribution < 1.29 is 14.3 Å². The van der Waals surface area contributed by atoms with Gasteiger partial charge in [-0.15, -0.1) is 0 Å². The lowest BCUT2D eigenvalue weighted by molar-refractivity contribution is -0.141. The molecule has 0 amide bonds. The van der Waals surface area contributed by atoms with Crippen molar-refractivity contribution in [2.45, 2.75) is 32.1 Å². The molecule has 18 heavy (non-hydrogen) atoms. The number of ether oxygens (including phenoxy) is 1. The molecule has 0 aromatic rings. The number of esters is 1. The van der Waals surface area contributed by atoms with Gasteiger partial charge in [0, 0.05) is 17.3 Å². The highest BCUT2D eigenvalue weighted by molar-refractivity contribution is 9.11. The summed E-state index contributed by atoms with van der Waals surface area (Å²) < 4.78 is 5.56. The van der Waals surface area contributed by atoms with Gasteiger partial charge in [-0.3, -0.25) is 9.59 Å². The lowest BCUT2D eigenvalue weighted by atomic mass is 10.0. The van der Waals surface area contributed by atoms with Crippen LogP contribution in [-0.4, -0.2) is 18.9 Å². The normalized spacial score (nSPS) is 14.6. The first-order chi connectivity index (χ1) is 8.61. The highest BCUT2D eigenvalue weighted by Gasteiger charge is 2.07. The van der Waals surface area contributed by atoms with Crippen LogP contribution in [0.1, 0.15) is 32.1 Å². The summed E-state index contributed by atoms with van der Waals surface area (Å²) in [7, 11) is 1.33. The highest BCUT2D eigenvalue weighted by Crippen LogP contribution is 2.18. The number of methoxy groups -OCH3 is 1. The molecular formula is C14H17BrO3. The largest absolute Gasteiger partial charge is 0.469 e. The van der Waals surface area contributed by atoms with E-state index in [4.69, 9.17) is 0 Å². The minimum Gasteiger partial charge on any atom is -0.469 e. The fourth-order valence-electron chi connectivity index (χ4n) is 1.58. The van der Waals surface area contributed by atoms with Gasteiger partial charge in [-0.2, -0.15) is 0 Å². The van der Waals surface area contributed by atoms with Crippen LogP contribution in [0.4, 0.5) is 0 Å². The Bertz CT molecular complexity index is 405. The molecule has 0 aromatic carbocycles. The van der Waals surface area contributed by atoms with Crippen LogP contribution in [0.3, 0.4) is 0 Å². The Labute approximate surface area is 116 Å². The number of halogens is 1. The number of rotatable bonds is 6. The van der Waals surface area contributed by atoms with Gasteiger partial charge in [-0.1, -0.05) is 39.7 Å². The first-order valence-corrected chi connectivity index (χ1v) is 6.72. The van der Waals surface area contributed by atoms with Crippen LogP contribution in [0, 0.1) is 0 Å². The molecule has 0 bridgehead atoms. The van der Waals surface area contributed by atoms with E-state index in [0.717, 1.165) is 22.9 Å². The zero-order valence-electron chi connectivity index (χ0n) is 10.4. The minimum absolute atomic E-state index is 0.103. The van der Waals surface area contributed by atoms with Crippen molar-refractivity contribution in [1.82, 2.24) is 0 Å². The van der Waals surface area contributed by atoms with Crippen molar-refractivity contribution in [1.29, 1.82) is 0 Å². The predicted octanol–water partition coefficient (Wildman–Crippen LogP) is 3.45. The molecule has 0 saturated carbocycles. The van der Waals surface area contributed by atoms with Gasteiger partial charge in [0.1, 0.15) is 5.78 Å². The SMILES string of the molecule is COC(=O)CCC(=O)CCC1=CCC=C(Br)C=C1. The van der Waals surface area contributed by atoms with Crippen molar-refractivity contribution in [3.8, 4) is 0 Å². The van der Waals surface area contributed by atoms with Crippen LogP contribution < -0.4 is 0 Å². The predicted molar refractivity (Wildman–Crippen MR) is 74.3 cm³/mol. The maximum absolute atomic E-state index is 11.6. The molecule has 0 heterocycles. The topological polar surface area (TPSA) is 43.4 Å². The molecule has 0 N–H and O–H groups in total. The van der Waals surface area contributed by atoms with Crippen molar-refractivity contribution in [2.24, 2.45) is 0 Å². The van der Waals surface area contributed by atoms with Crippen molar-refractivity contribution in [3.63, 3.8) is 0 Å². The molecule has 0 radical (unpaired) electrons. The number of carbonyl (C=O) groups excluding carboxylic acids is 2. The molecule has 3 nitrogen and oxygen atoms in total. The molecular weight excluding hydrogens is 296 g/mol. The molecule has 1 aliphatic carbocycles.